The van der Waals surface area contributed by atoms with E-state index in [1.54, 1.807) is 60.6 Å². The lowest BCUT2D eigenvalue weighted by Crippen LogP contribution is -2.70. The lowest BCUT2D eigenvalue weighted by Gasteiger charge is -2.49. The molecule has 0 aromatic rings. The molecule has 0 unspecified atom stereocenters. The number of nitrogens with zero attached hydrogens (tertiary/aromatic N) is 7. The number of amides is 13. The summed E-state index contributed by atoms with van der Waals surface area (Å²) < 4.78 is 0. The van der Waals surface area contributed by atoms with Gasteiger partial charge in [-0.1, -0.05) is 109 Å². The number of allylic oxidation sites excluding steroid dienone is 2. The number of aliphatic hydroxyl groups is 1. The van der Waals surface area contributed by atoms with Gasteiger partial charge in [-0.2, -0.15) is 0 Å². The van der Waals surface area contributed by atoms with Crippen LogP contribution < -0.4 is 26.6 Å². The fourth-order valence-corrected chi connectivity index (χ4v) is 11.9. The molecule has 0 aromatic heterocycles. The molecule has 520 valence electrons. The van der Waals surface area contributed by atoms with Crippen molar-refractivity contribution < 1.29 is 67.4 Å². The Morgan fingerprint density at radius 1 is 0.543 bits per heavy atom. The number of rotatable bonds is 16. The first-order valence-electron chi connectivity index (χ1n) is 32.4. The van der Waals surface area contributed by atoms with Gasteiger partial charge in [0.25, 0.3) is 17.7 Å². The van der Waals surface area contributed by atoms with E-state index >= 15 is 19.2 Å². The summed E-state index contributed by atoms with van der Waals surface area (Å²) in [6.45, 7) is 28.2. The predicted molar refractivity (Wildman–Crippen MR) is 349 cm³/mol. The van der Waals surface area contributed by atoms with Gasteiger partial charge >= 0.3 is 0 Å². The third-order valence-electron chi connectivity index (χ3n) is 17.6. The first kappa shape index (κ1) is 80.8. The molecule has 0 bridgehead atoms. The van der Waals surface area contributed by atoms with E-state index in [-0.39, 0.29) is 62.2 Å². The summed E-state index contributed by atoms with van der Waals surface area (Å²) in [5.41, 5.74) is -2.97. The zero-order valence-electron chi connectivity index (χ0n) is 59.4. The van der Waals surface area contributed by atoms with Crippen LogP contribution in [0.2, 0.25) is 0 Å². The van der Waals surface area contributed by atoms with Crippen LogP contribution in [-0.4, -0.2) is 238 Å². The standard InChI is InChI=1S/C66H112N12O14/c1-25-27-28-41(15)54(81)53-59(86)69-45(26-2)61(88)72(18)34-51(80)73(19)46(29-35(3)4)58(85)71-52(39(11)12)64(91)74(20)47(30-36(5)6)57(84)67-42(16)55(82)68-43(17)60(87)75(21)48(31-37(7)8)62(89)76(22)49(32-38(9)10)63(90)78(24)66(40(13)14,65(92)77(53)23)44-33-50(79)70-56(44)83/h25,27,33,35-43,45-49,52-54,81H,26,28-32,34H2,1-24H3,(H,67,84)(H,68,82)(H,69,86)(H,71,85)(H,70,79,83)/b27-25+/t41-,42+,43-,45+,46+,47+,48+,49+,52+,53+,54-,66+/m1/s1. The lowest BCUT2D eigenvalue weighted by atomic mass is 9.75. The molecule has 0 saturated carbocycles. The molecule has 2 heterocycles. The summed E-state index contributed by atoms with van der Waals surface area (Å²) in [5, 5.41) is 25.4. The molecule has 13 amide bonds. The van der Waals surface area contributed by atoms with E-state index in [4.69, 9.17) is 0 Å². The molecule has 0 spiro atoms. The van der Waals surface area contributed by atoms with E-state index in [1.807, 2.05) is 41.5 Å². The first-order valence-corrected chi connectivity index (χ1v) is 32.4. The van der Waals surface area contributed by atoms with Crippen molar-refractivity contribution in [3.8, 4) is 0 Å². The average Bonchev–Trinajstić information content (AvgIpc) is 1.26. The number of likely N-dealkylation sites (N-methyl/N-ethyl adjacent to an activating group) is 7. The molecule has 0 aliphatic carbocycles. The van der Waals surface area contributed by atoms with Crippen molar-refractivity contribution in [2.45, 2.75) is 222 Å². The average molecular weight is 1300 g/mol. The van der Waals surface area contributed by atoms with Crippen molar-refractivity contribution in [2.24, 2.45) is 41.4 Å². The minimum absolute atomic E-state index is 0.0429. The molecule has 26 heteroatoms. The van der Waals surface area contributed by atoms with E-state index in [0.717, 1.165) is 20.8 Å². The molecule has 6 N–H and O–H groups in total. The second kappa shape index (κ2) is 35.1. The first-order chi connectivity index (χ1) is 42.5. The highest BCUT2D eigenvalue weighted by Gasteiger charge is 2.58. The summed E-state index contributed by atoms with van der Waals surface area (Å²) in [6, 6.07) is -12.1. The third-order valence-corrected chi connectivity index (χ3v) is 17.6. The van der Waals surface area contributed by atoms with Crippen molar-refractivity contribution in [2.75, 3.05) is 55.9 Å². The van der Waals surface area contributed by atoms with Crippen LogP contribution in [0.5, 0.6) is 0 Å². The number of nitrogens with one attached hydrogen (secondary N) is 5. The summed E-state index contributed by atoms with van der Waals surface area (Å²) >= 11 is 0. The van der Waals surface area contributed by atoms with Crippen LogP contribution in [0.4, 0.5) is 0 Å². The quantitative estimate of drug-likeness (QED) is 0.0954. The summed E-state index contributed by atoms with van der Waals surface area (Å²) in [6.07, 6.45) is 3.01. The normalized spacial score (nSPS) is 27.3. The molecule has 1 saturated heterocycles. The molecule has 92 heavy (non-hydrogen) atoms. The lowest BCUT2D eigenvalue weighted by molar-refractivity contribution is -0.163. The highest BCUT2D eigenvalue weighted by molar-refractivity contribution is 6.21. The van der Waals surface area contributed by atoms with Crippen molar-refractivity contribution >= 4 is 76.8 Å². The molecule has 26 nitrogen and oxygen atoms in total. The molecule has 2 aliphatic rings. The Hall–Kier alpha value is -7.25. The van der Waals surface area contributed by atoms with E-state index in [0.29, 0.717) is 0 Å². The number of hydrogen-bond donors (Lipinski definition) is 6. The maximum Gasteiger partial charge on any atom is 0.257 e. The second-order valence-corrected chi connectivity index (χ2v) is 27.6. The van der Waals surface area contributed by atoms with Gasteiger partial charge in [-0.05, 0) is 101 Å². The monoisotopic (exact) mass is 1300 g/mol. The SMILES string of the molecule is C/C=C/C[C@@H](C)[C@@H](O)[C@H]1C(=O)N[C@@H](CC)C(=O)N(C)CC(=O)N(C)[C@@H](CC(C)C)C(=O)N[C@@H](C(C)C)C(=O)N(C)[C@@H](CC(C)C)C(=O)N[C@@H](C)C(=O)N[C@H](C)C(=O)N(C)[C@@H](CC(C)C)C(=O)N(C)[C@@H](CC(C)C)C(=O)N(C)[C@](C2=CC(=O)NC2=O)(C(C)C)C(=O)N1C. The second-order valence-electron chi connectivity index (χ2n) is 27.6. The zero-order chi connectivity index (χ0) is 71.0. The van der Waals surface area contributed by atoms with Crippen molar-refractivity contribution in [3.63, 3.8) is 0 Å². The van der Waals surface area contributed by atoms with Gasteiger partial charge in [0, 0.05) is 55.4 Å². The van der Waals surface area contributed by atoms with Crippen LogP contribution in [-0.2, 0) is 62.3 Å². The van der Waals surface area contributed by atoms with Crippen LogP contribution in [0.1, 0.15) is 156 Å². The van der Waals surface area contributed by atoms with Crippen LogP contribution in [0.15, 0.2) is 23.8 Å². The smallest absolute Gasteiger partial charge is 0.257 e. The van der Waals surface area contributed by atoms with Crippen LogP contribution >= 0.6 is 0 Å². The highest BCUT2D eigenvalue weighted by Crippen LogP contribution is 2.38. The Bertz CT molecular complexity index is 2750. The molecular weight excluding hydrogens is 1180 g/mol. The fourth-order valence-electron chi connectivity index (χ4n) is 11.9. The Labute approximate surface area is 546 Å². The molecule has 12 atom stereocenters. The largest absolute Gasteiger partial charge is 0.390 e. The number of carbonyl (C=O) groups excluding carboxylic acids is 13. The molecular formula is C66H112N12O14. The van der Waals surface area contributed by atoms with Gasteiger partial charge in [0.1, 0.15) is 54.4 Å². The number of hydrogen-bond acceptors (Lipinski definition) is 14. The Morgan fingerprint density at radius 2 is 1.00 bits per heavy atom. The van der Waals surface area contributed by atoms with Crippen molar-refractivity contribution in [3.05, 3.63) is 23.8 Å². The van der Waals surface area contributed by atoms with Crippen LogP contribution in [0.3, 0.4) is 0 Å². The van der Waals surface area contributed by atoms with E-state index in [9.17, 15) is 48.3 Å². The maximum absolute atomic E-state index is 16.2. The van der Waals surface area contributed by atoms with Crippen molar-refractivity contribution in [1.82, 2.24) is 60.9 Å². The van der Waals surface area contributed by atoms with E-state index in [2.05, 4.69) is 26.6 Å². The zero-order valence-corrected chi connectivity index (χ0v) is 59.4. The van der Waals surface area contributed by atoms with Gasteiger partial charge in [0.2, 0.25) is 59.1 Å². The van der Waals surface area contributed by atoms with E-state index < -0.39 is 173 Å². The minimum Gasteiger partial charge on any atom is -0.390 e. The minimum atomic E-state index is -2.48. The van der Waals surface area contributed by atoms with Crippen molar-refractivity contribution in [1.29, 1.82) is 0 Å². The van der Waals surface area contributed by atoms with Gasteiger partial charge in [0.15, 0.2) is 5.54 Å². The summed E-state index contributed by atoms with van der Waals surface area (Å²) in [4.78, 5) is 198. The molecule has 2 rings (SSSR count). The van der Waals surface area contributed by atoms with Crippen LogP contribution in [0.25, 0.3) is 0 Å². The van der Waals surface area contributed by atoms with Gasteiger partial charge in [-0.3, -0.25) is 67.6 Å². The Balaban J connectivity index is 3.17. The van der Waals surface area contributed by atoms with E-state index in [1.165, 1.54) is 96.6 Å². The molecule has 2 aliphatic heterocycles. The van der Waals surface area contributed by atoms with Gasteiger partial charge in [0.05, 0.1) is 18.2 Å². The Morgan fingerprint density at radius 3 is 1.46 bits per heavy atom. The predicted octanol–water partition coefficient (Wildman–Crippen LogP) is 2.22. The number of carbonyl (C=O) groups is 13. The van der Waals surface area contributed by atoms with Crippen LogP contribution in [0, 0.1) is 41.4 Å². The molecule has 1 fully saturated rings. The van der Waals surface area contributed by atoms with Gasteiger partial charge < -0.3 is 60.7 Å². The van der Waals surface area contributed by atoms with Gasteiger partial charge in [-0.15, -0.1) is 0 Å². The Kier molecular flexibility index (Phi) is 30.9. The summed E-state index contributed by atoms with van der Waals surface area (Å²) in [7, 11) is 9.30. The fraction of sp³-hybridized carbons (Fsp3) is 0.742. The third kappa shape index (κ3) is 19.9. The summed E-state index contributed by atoms with van der Waals surface area (Å²) in [5.74, 6) is -14.1. The highest BCUT2D eigenvalue weighted by atomic mass is 16.3. The maximum atomic E-state index is 16.2. The van der Waals surface area contributed by atoms with Gasteiger partial charge in [-0.25, -0.2) is 0 Å². The number of imide groups is 1. The molecule has 0 aromatic carbocycles. The molecule has 0 radical (unpaired) electrons. The number of aliphatic hydroxyl groups excluding tert-OH is 1. The topological polar surface area (TPSA) is 325 Å².